The third kappa shape index (κ3) is 6.33. The van der Waals surface area contributed by atoms with Gasteiger partial charge in [-0.25, -0.2) is 0 Å². The minimum atomic E-state index is 0.447. The van der Waals surface area contributed by atoms with E-state index in [-0.39, 0.29) is 0 Å². The molecule has 3 heterocycles. The molecule has 0 radical (unpaired) electrons. The van der Waals surface area contributed by atoms with Crippen LogP contribution in [0.2, 0.25) is 0 Å². The number of methoxy groups -OCH3 is 1. The van der Waals surface area contributed by atoms with Crippen molar-refractivity contribution in [1.82, 2.24) is 9.80 Å². The van der Waals surface area contributed by atoms with Crippen LogP contribution in [0.3, 0.4) is 0 Å². The van der Waals surface area contributed by atoms with E-state index in [0.29, 0.717) is 6.10 Å². The summed E-state index contributed by atoms with van der Waals surface area (Å²) in [7, 11) is 1.79. The Balaban J connectivity index is 1.50. The van der Waals surface area contributed by atoms with Gasteiger partial charge in [0.15, 0.2) is 0 Å². The summed E-state index contributed by atoms with van der Waals surface area (Å²) in [5, 5.41) is 0. The number of ether oxygens (including phenoxy) is 2. The van der Waals surface area contributed by atoms with Crippen LogP contribution in [-0.2, 0) is 16.0 Å². The molecule has 5 heteroatoms. The van der Waals surface area contributed by atoms with Crippen LogP contribution in [0, 0.1) is 12.8 Å². The van der Waals surface area contributed by atoms with Crippen molar-refractivity contribution in [2.24, 2.45) is 5.92 Å². The SMILES string of the molecule is COCCN1CCC(CN(Cc2ccc(C)s2)C[C@@H]2CCCO2)CC1. The van der Waals surface area contributed by atoms with Gasteiger partial charge in [0.05, 0.1) is 12.7 Å². The van der Waals surface area contributed by atoms with E-state index >= 15 is 0 Å². The molecular formula is C20H34N2O2S. The zero-order chi connectivity index (χ0) is 17.5. The number of piperidine rings is 1. The Hall–Kier alpha value is -0.460. The highest BCUT2D eigenvalue weighted by molar-refractivity contribution is 7.11. The Kier molecular flexibility index (Phi) is 7.74. The summed E-state index contributed by atoms with van der Waals surface area (Å²) >= 11 is 1.94. The maximum atomic E-state index is 5.92. The summed E-state index contributed by atoms with van der Waals surface area (Å²) in [6.45, 7) is 10.9. The zero-order valence-electron chi connectivity index (χ0n) is 15.9. The van der Waals surface area contributed by atoms with Gasteiger partial charge >= 0.3 is 0 Å². The maximum Gasteiger partial charge on any atom is 0.0702 e. The Labute approximate surface area is 157 Å². The van der Waals surface area contributed by atoms with Crippen LogP contribution in [-0.4, -0.2) is 69.0 Å². The highest BCUT2D eigenvalue weighted by Gasteiger charge is 2.24. The molecule has 0 spiro atoms. The molecule has 2 fully saturated rings. The van der Waals surface area contributed by atoms with E-state index in [9.17, 15) is 0 Å². The van der Waals surface area contributed by atoms with Gasteiger partial charge in [0, 0.05) is 49.6 Å². The van der Waals surface area contributed by atoms with Gasteiger partial charge < -0.3 is 14.4 Å². The summed E-state index contributed by atoms with van der Waals surface area (Å²) in [5.41, 5.74) is 0. The molecule has 3 rings (SSSR count). The van der Waals surface area contributed by atoms with Gasteiger partial charge in [-0.05, 0) is 63.7 Å². The normalized spacial score (nSPS) is 22.9. The van der Waals surface area contributed by atoms with Crippen molar-refractivity contribution in [2.45, 2.75) is 45.3 Å². The molecule has 0 amide bonds. The molecule has 2 saturated heterocycles. The van der Waals surface area contributed by atoms with Crippen LogP contribution >= 0.6 is 11.3 Å². The minimum absolute atomic E-state index is 0.447. The molecule has 0 aliphatic carbocycles. The lowest BCUT2D eigenvalue weighted by Gasteiger charge is -2.35. The van der Waals surface area contributed by atoms with E-state index in [1.807, 2.05) is 11.3 Å². The molecule has 2 aliphatic rings. The van der Waals surface area contributed by atoms with Crippen molar-refractivity contribution < 1.29 is 9.47 Å². The molecular weight excluding hydrogens is 332 g/mol. The Morgan fingerprint density at radius 2 is 2.08 bits per heavy atom. The molecule has 25 heavy (non-hydrogen) atoms. The lowest BCUT2D eigenvalue weighted by molar-refractivity contribution is 0.0555. The summed E-state index contributed by atoms with van der Waals surface area (Å²) in [5.74, 6) is 0.821. The number of thiophene rings is 1. The van der Waals surface area contributed by atoms with Crippen molar-refractivity contribution in [3.63, 3.8) is 0 Å². The van der Waals surface area contributed by atoms with Gasteiger partial charge in [-0.3, -0.25) is 4.90 Å². The van der Waals surface area contributed by atoms with Gasteiger partial charge in [0.1, 0.15) is 0 Å². The van der Waals surface area contributed by atoms with Crippen LogP contribution in [0.1, 0.15) is 35.4 Å². The standard InChI is InChI=1S/C20H34N2O2S/c1-17-5-6-20(25-17)16-22(15-19-4-3-12-24-19)14-18-7-9-21(10-8-18)11-13-23-2/h5-6,18-19H,3-4,7-16H2,1-2H3/t19-/m0/s1. The summed E-state index contributed by atoms with van der Waals surface area (Å²) in [6, 6.07) is 4.55. The highest BCUT2D eigenvalue weighted by Crippen LogP contribution is 2.23. The second-order valence-electron chi connectivity index (χ2n) is 7.62. The van der Waals surface area contributed by atoms with Gasteiger partial charge in [-0.1, -0.05) is 0 Å². The second-order valence-corrected chi connectivity index (χ2v) is 8.99. The van der Waals surface area contributed by atoms with Crippen molar-refractivity contribution in [3.05, 3.63) is 21.9 Å². The fourth-order valence-corrected chi connectivity index (χ4v) is 4.98. The number of nitrogens with zero attached hydrogens (tertiary/aromatic N) is 2. The predicted molar refractivity (Wildman–Crippen MR) is 104 cm³/mol. The van der Waals surface area contributed by atoms with Crippen molar-refractivity contribution >= 4 is 11.3 Å². The molecule has 1 atom stereocenters. The minimum Gasteiger partial charge on any atom is -0.383 e. The van der Waals surface area contributed by atoms with Gasteiger partial charge in [0.25, 0.3) is 0 Å². The Morgan fingerprint density at radius 3 is 2.72 bits per heavy atom. The van der Waals surface area contributed by atoms with Crippen LogP contribution in [0.5, 0.6) is 0 Å². The zero-order valence-corrected chi connectivity index (χ0v) is 16.7. The third-order valence-electron chi connectivity index (χ3n) is 5.50. The maximum absolute atomic E-state index is 5.92. The first-order chi connectivity index (χ1) is 12.2. The Bertz CT molecular complexity index is 494. The van der Waals surface area contributed by atoms with E-state index in [2.05, 4.69) is 28.9 Å². The first kappa shape index (κ1) is 19.3. The topological polar surface area (TPSA) is 24.9 Å². The molecule has 2 aliphatic heterocycles. The number of hydrogen-bond donors (Lipinski definition) is 0. The molecule has 142 valence electrons. The van der Waals surface area contributed by atoms with E-state index in [0.717, 1.165) is 38.8 Å². The third-order valence-corrected chi connectivity index (χ3v) is 6.48. The second kappa shape index (κ2) is 10.0. The van der Waals surface area contributed by atoms with E-state index < -0.39 is 0 Å². The molecule has 0 saturated carbocycles. The molecule has 1 aromatic heterocycles. The largest absolute Gasteiger partial charge is 0.383 e. The van der Waals surface area contributed by atoms with E-state index in [1.54, 1.807) is 7.11 Å². The van der Waals surface area contributed by atoms with Crippen molar-refractivity contribution in [3.8, 4) is 0 Å². The fraction of sp³-hybridized carbons (Fsp3) is 0.800. The lowest BCUT2D eigenvalue weighted by atomic mass is 9.96. The first-order valence-corrected chi connectivity index (χ1v) is 10.6. The van der Waals surface area contributed by atoms with E-state index in [1.165, 1.54) is 55.1 Å². The predicted octanol–water partition coefficient (Wildman–Crippen LogP) is 3.40. The fourth-order valence-electron chi connectivity index (χ4n) is 4.05. The van der Waals surface area contributed by atoms with Crippen LogP contribution in [0.25, 0.3) is 0 Å². The summed E-state index contributed by atoms with van der Waals surface area (Å²) in [4.78, 5) is 8.12. The molecule has 4 nitrogen and oxygen atoms in total. The first-order valence-electron chi connectivity index (χ1n) is 9.83. The quantitative estimate of drug-likeness (QED) is 0.669. The van der Waals surface area contributed by atoms with Crippen LogP contribution in [0.4, 0.5) is 0 Å². The van der Waals surface area contributed by atoms with Gasteiger partial charge in [0.2, 0.25) is 0 Å². The number of aryl methyl sites for hydroxylation is 1. The van der Waals surface area contributed by atoms with Crippen molar-refractivity contribution in [2.75, 3.05) is 53.0 Å². The average Bonchev–Trinajstić information content (AvgIpc) is 3.26. The van der Waals surface area contributed by atoms with Gasteiger partial charge in [-0.15, -0.1) is 11.3 Å². The average molecular weight is 367 g/mol. The lowest BCUT2D eigenvalue weighted by Crippen LogP contribution is -2.41. The summed E-state index contributed by atoms with van der Waals surface area (Å²) < 4.78 is 11.1. The summed E-state index contributed by atoms with van der Waals surface area (Å²) in [6.07, 6.45) is 5.54. The molecule has 0 N–H and O–H groups in total. The number of rotatable bonds is 9. The molecule has 1 aromatic rings. The van der Waals surface area contributed by atoms with E-state index in [4.69, 9.17) is 9.47 Å². The van der Waals surface area contributed by atoms with Gasteiger partial charge in [-0.2, -0.15) is 0 Å². The van der Waals surface area contributed by atoms with Crippen LogP contribution < -0.4 is 0 Å². The van der Waals surface area contributed by atoms with Crippen molar-refractivity contribution in [1.29, 1.82) is 0 Å². The Morgan fingerprint density at radius 1 is 1.24 bits per heavy atom. The smallest absolute Gasteiger partial charge is 0.0702 e. The molecule has 0 aromatic carbocycles. The van der Waals surface area contributed by atoms with Crippen LogP contribution in [0.15, 0.2) is 12.1 Å². The number of hydrogen-bond acceptors (Lipinski definition) is 5. The highest BCUT2D eigenvalue weighted by atomic mass is 32.1. The monoisotopic (exact) mass is 366 g/mol. The molecule has 0 unspecified atom stereocenters. The molecule has 0 bridgehead atoms. The number of likely N-dealkylation sites (tertiary alicyclic amines) is 1.